The van der Waals surface area contributed by atoms with Crippen molar-refractivity contribution in [1.29, 1.82) is 0 Å². The van der Waals surface area contributed by atoms with Gasteiger partial charge in [0.15, 0.2) is 0 Å². The van der Waals surface area contributed by atoms with E-state index in [0.717, 1.165) is 32.1 Å². The molecule has 142 valence electrons. The van der Waals surface area contributed by atoms with E-state index in [4.69, 9.17) is 4.74 Å². The SMILES string of the molecule is O=C1CCC=CCC2C(CC(O)C2CCC(O)CCc2ccccc2)O1. The van der Waals surface area contributed by atoms with Gasteiger partial charge in [-0.05, 0) is 50.0 Å². The lowest BCUT2D eigenvalue weighted by Gasteiger charge is -2.25. The molecule has 0 radical (unpaired) electrons. The van der Waals surface area contributed by atoms with Crippen molar-refractivity contribution in [2.24, 2.45) is 11.8 Å². The maximum Gasteiger partial charge on any atom is 0.306 e. The van der Waals surface area contributed by atoms with Gasteiger partial charge >= 0.3 is 5.97 Å². The molecule has 2 N–H and O–H groups in total. The van der Waals surface area contributed by atoms with Crippen LogP contribution in [0.3, 0.4) is 0 Å². The number of carbonyl (C=O) groups excluding carboxylic acids is 1. The smallest absolute Gasteiger partial charge is 0.306 e. The molecule has 1 heterocycles. The monoisotopic (exact) mass is 358 g/mol. The summed E-state index contributed by atoms with van der Waals surface area (Å²) in [4.78, 5) is 11.9. The van der Waals surface area contributed by atoms with Gasteiger partial charge in [-0.15, -0.1) is 0 Å². The summed E-state index contributed by atoms with van der Waals surface area (Å²) in [6.45, 7) is 0. The van der Waals surface area contributed by atoms with Crippen LogP contribution in [0.1, 0.15) is 50.5 Å². The Hall–Kier alpha value is -1.65. The van der Waals surface area contributed by atoms with Gasteiger partial charge in [0.05, 0.1) is 12.2 Å². The van der Waals surface area contributed by atoms with Crippen molar-refractivity contribution in [3.05, 3.63) is 48.0 Å². The number of hydrogen-bond acceptors (Lipinski definition) is 4. The predicted molar refractivity (Wildman–Crippen MR) is 100 cm³/mol. The first kappa shape index (κ1) is 19.1. The van der Waals surface area contributed by atoms with Gasteiger partial charge in [-0.2, -0.15) is 0 Å². The van der Waals surface area contributed by atoms with Crippen molar-refractivity contribution >= 4 is 5.97 Å². The van der Waals surface area contributed by atoms with Crippen molar-refractivity contribution in [2.75, 3.05) is 0 Å². The molecule has 2 aliphatic rings. The van der Waals surface area contributed by atoms with Crippen molar-refractivity contribution < 1.29 is 19.7 Å². The van der Waals surface area contributed by atoms with Crippen LogP contribution in [0, 0.1) is 11.8 Å². The minimum Gasteiger partial charge on any atom is -0.462 e. The summed E-state index contributed by atoms with van der Waals surface area (Å²) in [5.41, 5.74) is 1.24. The number of carbonyl (C=O) groups is 1. The van der Waals surface area contributed by atoms with Crippen molar-refractivity contribution in [1.82, 2.24) is 0 Å². The number of aliphatic hydroxyl groups is 2. The third-order valence-corrected chi connectivity index (χ3v) is 5.81. The molecule has 1 aliphatic carbocycles. The van der Waals surface area contributed by atoms with Gasteiger partial charge < -0.3 is 14.9 Å². The van der Waals surface area contributed by atoms with Crippen LogP contribution in [-0.2, 0) is 16.0 Å². The molecule has 1 aliphatic heterocycles. The van der Waals surface area contributed by atoms with Crippen molar-refractivity contribution in [2.45, 2.75) is 69.7 Å². The second-order valence-corrected chi connectivity index (χ2v) is 7.66. The summed E-state index contributed by atoms with van der Waals surface area (Å²) < 4.78 is 5.61. The van der Waals surface area contributed by atoms with E-state index in [0.29, 0.717) is 19.3 Å². The van der Waals surface area contributed by atoms with Gasteiger partial charge in [0.1, 0.15) is 6.10 Å². The largest absolute Gasteiger partial charge is 0.462 e. The summed E-state index contributed by atoms with van der Waals surface area (Å²) in [5, 5.41) is 20.8. The molecule has 1 aromatic carbocycles. The molecule has 1 aromatic rings. The Morgan fingerprint density at radius 2 is 1.96 bits per heavy atom. The first-order chi connectivity index (χ1) is 12.6. The van der Waals surface area contributed by atoms with Crippen LogP contribution in [-0.4, -0.2) is 34.5 Å². The molecular weight excluding hydrogens is 328 g/mol. The molecule has 4 heteroatoms. The van der Waals surface area contributed by atoms with E-state index in [9.17, 15) is 15.0 Å². The van der Waals surface area contributed by atoms with Crippen LogP contribution in [0.5, 0.6) is 0 Å². The Morgan fingerprint density at radius 3 is 2.77 bits per heavy atom. The maximum absolute atomic E-state index is 11.9. The molecule has 3 rings (SSSR count). The minimum atomic E-state index is -0.452. The Kier molecular flexibility index (Phi) is 6.86. The Morgan fingerprint density at radius 1 is 1.15 bits per heavy atom. The molecule has 0 saturated heterocycles. The minimum absolute atomic E-state index is 0.0851. The molecule has 5 unspecified atom stereocenters. The molecule has 0 spiro atoms. The van der Waals surface area contributed by atoms with Crippen molar-refractivity contribution in [3.63, 3.8) is 0 Å². The third kappa shape index (κ3) is 5.18. The standard InChI is InChI=1S/C22H30O4/c23-17(12-11-16-7-3-1-4-8-16)13-14-18-19-9-5-2-6-10-22(25)26-21(19)15-20(18)24/h1-5,7-8,17-21,23-24H,6,9-15H2. The second kappa shape index (κ2) is 9.33. The number of allylic oxidation sites excluding steroid dienone is 2. The number of hydrogen-bond donors (Lipinski definition) is 2. The predicted octanol–water partition coefficient (Wildman–Crippen LogP) is 3.41. The maximum atomic E-state index is 11.9. The highest BCUT2D eigenvalue weighted by Crippen LogP contribution is 2.40. The molecule has 5 atom stereocenters. The molecule has 0 aromatic heterocycles. The van der Waals surface area contributed by atoms with Crippen LogP contribution in [0.15, 0.2) is 42.5 Å². The van der Waals surface area contributed by atoms with E-state index in [2.05, 4.69) is 18.2 Å². The lowest BCUT2D eigenvalue weighted by atomic mass is 9.85. The molecular formula is C22H30O4. The van der Waals surface area contributed by atoms with E-state index in [1.54, 1.807) is 0 Å². The number of rotatable bonds is 6. The quantitative estimate of drug-likeness (QED) is 0.604. The lowest BCUT2D eigenvalue weighted by Crippen LogP contribution is -2.26. The third-order valence-electron chi connectivity index (χ3n) is 5.81. The highest BCUT2D eigenvalue weighted by Gasteiger charge is 2.43. The molecule has 0 bridgehead atoms. The summed E-state index contributed by atoms with van der Waals surface area (Å²) in [6, 6.07) is 10.2. The Bertz CT molecular complexity index is 597. The van der Waals surface area contributed by atoms with E-state index in [1.807, 2.05) is 24.3 Å². The van der Waals surface area contributed by atoms with Gasteiger partial charge in [-0.1, -0.05) is 42.5 Å². The first-order valence-corrected chi connectivity index (χ1v) is 9.88. The van der Waals surface area contributed by atoms with E-state index < -0.39 is 6.10 Å². The molecule has 26 heavy (non-hydrogen) atoms. The lowest BCUT2D eigenvalue weighted by molar-refractivity contribution is -0.151. The number of aryl methyl sites for hydroxylation is 1. The van der Waals surface area contributed by atoms with Gasteiger partial charge in [0.25, 0.3) is 0 Å². The average Bonchev–Trinajstić information content (AvgIpc) is 2.96. The fraction of sp³-hybridized carbons (Fsp3) is 0.591. The molecule has 1 saturated carbocycles. The summed E-state index contributed by atoms with van der Waals surface area (Å²) in [6.07, 6.45) is 8.69. The first-order valence-electron chi connectivity index (χ1n) is 9.88. The summed E-state index contributed by atoms with van der Waals surface area (Å²) >= 11 is 0. The number of fused-ring (bicyclic) bond motifs is 1. The highest BCUT2D eigenvalue weighted by atomic mass is 16.5. The van der Waals surface area contributed by atoms with Gasteiger partial charge in [0, 0.05) is 18.8 Å². The van der Waals surface area contributed by atoms with Gasteiger partial charge in [-0.3, -0.25) is 4.79 Å². The summed E-state index contributed by atoms with van der Waals surface area (Å²) in [5.74, 6) is 0.0776. The number of ether oxygens (including phenoxy) is 1. The Labute approximate surface area is 155 Å². The number of aliphatic hydroxyl groups excluding tert-OH is 2. The van der Waals surface area contributed by atoms with E-state index in [1.165, 1.54) is 5.56 Å². The van der Waals surface area contributed by atoms with Crippen LogP contribution in [0.4, 0.5) is 0 Å². The topological polar surface area (TPSA) is 66.8 Å². The Balaban J connectivity index is 1.51. The van der Waals surface area contributed by atoms with E-state index >= 15 is 0 Å². The zero-order valence-corrected chi connectivity index (χ0v) is 15.3. The van der Waals surface area contributed by atoms with Crippen LogP contribution >= 0.6 is 0 Å². The van der Waals surface area contributed by atoms with Gasteiger partial charge in [-0.25, -0.2) is 0 Å². The van der Waals surface area contributed by atoms with Crippen LogP contribution in [0.2, 0.25) is 0 Å². The highest BCUT2D eigenvalue weighted by molar-refractivity contribution is 5.69. The molecule has 0 amide bonds. The second-order valence-electron chi connectivity index (χ2n) is 7.66. The average molecular weight is 358 g/mol. The fourth-order valence-electron chi connectivity index (χ4n) is 4.32. The van der Waals surface area contributed by atoms with Gasteiger partial charge in [0.2, 0.25) is 0 Å². The van der Waals surface area contributed by atoms with E-state index in [-0.39, 0.29) is 30.0 Å². The van der Waals surface area contributed by atoms with Crippen LogP contribution < -0.4 is 0 Å². The molecule has 4 nitrogen and oxygen atoms in total. The van der Waals surface area contributed by atoms with Crippen molar-refractivity contribution in [3.8, 4) is 0 Å². The zero-order valence-electron chi connectivity index (χ0n) is 15.3. The molecule has 1 fully saturated rings. The fourth-order valence-corrected chi connectivity index (χ4v) is 4.32. The normalized spacial score (nSPS) is 30.0. The summed E-state index contributed by atoms with van der Waals surface area (Å²) in [7, 11) is 0. The zero-order chi connectivity index (χ0) is 18.4. The van der Waals surface area contributed by atoms with Crippen LogP contribution in [0.25, 0.3) is 0 Å². The number of benzene rings is 1. The number of esters is 1.